The number of amides is 1. The van der Waals surface area contributed by atoms with Gasteiger partial charge in [-0.25, -0.2) is 0 Å². The molecular weight excluding hydrogens is 384 g/mol. The van der Waals surface area contributed by atoms with Crippen molar-refractivity contribution in [3.63, 3.8) is 0 Å². The number of rotatable bonds is 4. The van der Waals surface area contributed by atoms with Crippen LogP contribution in [0.1, 0.15) is 17.3 Å². The highest BCUT2D eigenvalue weighted by Gasteiger charge is 2.48. The van der Waals surface area contributed by atoms with E-state index in [1.54, 1.807) is 54.6 Å². The van der Waals surface area contributed by atoms with E-state index in [4.69, 9.17) is 4.74 Å². The summed E-state index contributed by atoms with van der Waals surface area (Å²) < 4.78 is 5.30. The van der Waals surface area contributed by atoms with Crippen molar-refractivity contribution in [2.75, 3.05) is 12.0 Å². The first-order valence-corrected chi connectivity index (χ1v) is 9.18. The first-order chi connectivity index (χ1) is 14.5. The monoisotopic (exact) mass is 402 g/mol. The Morgan fingerprint density at radius 3 is 2.40 bits per heavy atom. The number of phenolic OH excluding ortho intramolecular Hbond substituents is 1. The number of anilines is 1. The molecular formula is C23H18N2O5. The molecule has 2 N–H and O–H groups in total. The summed E-state index contributed by atoms with van der Waals surface area (Å²) in [4.78, 5) is 31.5. The van der Waals surface area contributed by atoms with Crippen LogP contribution in [0.4, 0.5) is 5.69 Å². The van der Waals surface area contributed by atoms with Crippen molar-refractivity contribution in [2.45, 2.75) is 6.04 Å². The summed E-state index contributed by atoms with van der Waals surface area (Å²) >= 11 is 0. The van der Waals surface area contributed by atoms with Gasteiger partial charge in [-0.3, -0.25) is 19.5 Å². The van der Waals surface area contributed by atoms with Gasteiger partial charge in [0.15, 0.2) is 0 Å². The largest absolute Gasteiger partial charge is 0.507 e. The number of Topliss-reactive ketones (excluding diaryl/α,β-unsaturated/α-hetero) is 1. The number of benzene rings is 2. The molecule has 0 saturated carbocycles. The van der Waals surface area contributed by atoms with Crippen molar-refractivity contribution in [2.24, 2.45) is 0 Å². The second-order valence-corrected chi connectivity index (χ2v) is 6.61. The van der Waals surface area contributed by atoms with Crippen molar-refractivity contribution in [1.82, 2.24) is 4.98 Å². The third-order valence-corrected chi connectivity index (χ3v) is 4.92. The first-order valence-electron chi connectivity index (χ1n) is 9.18. The number of ketones is 1. The number of carbonyl (C=O) groups excluding carboxylic acids is 2. The van der Waals surface area contributed by atoms with Crippen molar-refractivity contribution in [3.8, 4) is 11.5 Å². The fourth-order valence-corrected chi connectivity index (χ4v) is 3.55. The number of para-hydroxylation sites is 3. The van der Waals surface area contributed by atoms with Crippen molar-refractivity contribution < 1.29 is 24.5 Å². The van der Waals surface area contributed by atoms with E-state index in [-0.39, 0.29) is 28.3 Å². The number of hydrogen-bond donors (Lipinski definition) is 2. The molecule has 1 atom stereocenters. The summed E-state index contributed by atoms with van der Waals surface area (Å²) in [5, 5.41) is 21.4. The number of carbonyl (C=O) groups is 2. The molecule has 30 heavy (non-hydrogen) atoms. The number of aromatic hydroxyl groups is 1. The van der Waals surface area contributed by atoms with Gasteiger partial charge in [0.1, 0.15) is 23.3 Å². The van der Waals surface area contributed by atoms with E-state index in [0.29, 0.717) is 11.4 Å². The molecule has 0 aliphatic carbocycles. The Kier molecular flexibility index (Phi) is 4.93. The average Bonchev–Trinajstić information content (AvgIpc) is 3.05. The summed E-state index contributed by atoms with van der Waals surface area (Å²) in [5.74, 6) is -1.94. The third-order valence-electron chi connectivity index (χ3n) is 4.92. The minimum Gasteiger partial charge on any atom is -0.507 e. The summed E-state index contributed by atoms with van der Waals surface area (Å²) in [7, 11) is 1.45. The minimum atomic E-state index is -1.02. The SMILES string of the molecule is COc1ccccc1/C(O)=C1/C(=O)C(=O)N(c2ccccc2O)C1c1ccccn1. The number of aromatic nitrogens is 1. The molecule has 1 amide bonds. The molecule has 1 aromatic heterocycles. The molecule has 0 spiro atoms. The molecule has 1 saturated heterocycles. The van der Waals surface area contributed by atoms with Gasteiger partial charge in [0.2, 0.25) is 0 Å². The molecule has 2 heterocycles. The maximum absolute atomic E-state index is 13.0. The van der Waals surface area contributed by atoms with Crippen LogP contribution in [0, 0.1) is 0 Å². The highest BCUT2D eigenvalue weighted by molar-refractivity contribution is 6.51. The van der Waals surface area contributed by atoms with Gasteiger partial charge in [-0.2, -0.15) is 0 Å². The van der Waals surface area contributed by atoms with Crippen LogP contribution in [-0.4, -0.2) is 34.0 Å². The van der Waals surface area contributed by atoms with Crippen LogP contribution in [0.25, 0.3) is 5.76 Å². The van der Waals surface area contributed by atoms with Gasteiger partial charge >= 0.3 is 0 Å². The van der Waals surface area contributed by atoms with Crippen molar-refractivity contribution >= 4 is 23.1 Å². The predicted molar refractivity (Wildman–Crippen MR) is 110 cm³/mol. The van der Waals surface area contributed by atoms with Crippen LogP contribution in [0.15, 0.2) is 78.5 Å². The zero-order valence-electron chi connectivity index (χ0n) is 16.0. The summed E-state index contributed by atoms with van der Waals surface area (Å²) in [5.41, 5.74) is 0.661. The maximum Gasteiger partial charge on any atom is 0.300 e. The smallest absolute Gasteiger partial charge is 0.300 e. The Bertz CT molecular complexity index is 1160. The fraction of sp³-hybridized carbons (Fsp3) is 0.0870. The molecule has 7 heteroatoms. The zero-order chi connectivity index (χ0) is 21.3. The van der Waals surface area contributed by atoms with E-state index in [0.717, 1.165) is 4.90 Å². The molecule has 4 rings (SSSR count). The molecule has 2 aromatic carbocycles. The second-order valence-electron chi connectivity index (χ2n) is 6.61. The van der Waals surface area contributed by atoms with E-state index in [1.165, 1.54) is 25.4 Å². The van der Waals surface area contributed by atoms with Crippen LogP contribution in [0.5, 0.6) is 11.5 Å². The molecule has 1 unspecified atom stereocenters. The molecule has 3 aromatic rings. The Balaban J connectivity index is 1.99. The highest BCUT2D eigenvalue weighted by Crippen LogP contribution is 2.44. The number of phenols is 1. The number of aliphatic hydroxyl groups excluding tert-OH is 1. The zero-order valence-corrected chi connectivity index (χ0v) is 16.0. The summed E-state index contributed by atoms with van der Waals surface area (Å²) in [6.07, 6.45) is 1.53. The highest BCUT2D eigenvalue weighted by atomic mass is 16.5. The van der Waals surface area contributed by atoms with Crippen LogP contribution >= 0.6 is 0 Å². The van der Waals surface area contributed by atoms with Gasteiger partial charge in [-0.15, -0.1) is 0 Å². The number of ether oxygens (including phenoxy) is 1. The Morgan fingerprint density at radius 1 is 1.00 bits per heavy atom. The van der Waals surface area contributed by atoms with E-state index in [9.17, 15) is 19.8 Å². The predicted octanol–water partition coefficient (Wildman–Crippen LogP) is 3.42. The van der Waals surface area contributed by atoms with E-state index >= 15 is 0 Å². The average molecular weight is 402 g/mol. The lowest BCUT2D eigenvalue weighted by Crippen LogP contribution is -2.29. The normalized spacial score (nSPS) is 17.9. The molecule has 1 aliphatic heterocycles. The van der Waals surface area contributed by atoms with Gasteiger partial charge in [-0.05, 0) is 36.4 Å². The lowest BCUT2D eigenvalue weighted by atomic mass is 9.97. The number of pyridine rings is 1. The van der Waals surface area contributed by atoms with Gasteiger partial charge in [0.25, 0.3) is 11.7 Å². The number of methoxy groups -OCH3 is 1. The molecule has 7 nitrogen and oxygen atoms in total. The van der Waals surface area contributed by atoms with Crippen LogP contribution in [0.2, 0.25) is 0 Å². The number of nitrogens with zero attached hydrogens (tertiary/aromatic N) is 2. The fourth-order valence-electron chi connectivity index (χ4n) is 3.55. The van der Waals surface area contributed by atoms with Gasteiger partial charge in [-0.1, -0.05) is 30.3 Å². The van der Waals surface area contributed by atoms with Gasteiger partial charge in [0.05, 0.1) is 29.6 Å². The van der Waals surface area contributed by atoms with E-state index < -0.39 is 17.7 Å². The van der Waals surface area contributed by atoms with Gasteiger partial charge < -0.3 is 14.9 Å². The van der Waals surface area contributed by atoms with E-state index in [1.807, 2.05) is 0 Å². The van der Waals surface area contributed by atoms with Crippen LogP contribution in [-0.2, 0) is 9.59 Å². The minimum absolute atomic E-state index is 0.133. The van der Waals surface area contributed by atoms with E-state index in [2.05, 4.69) is 4.98 Å². The quantitative estimate of drug-likeness (QED) is 0.394. The van der Waals surface area contributed by atoms with Crippen LogP contribution in [0.3, 0.4) is 0 Å². The summed E-state index contributed by atoms with van der Waals surface area (Å²) in [6, 6.07) is 16.9. The standard InChI is InChI=1S/C23H18N2O5/c1-30-18-12-5-2-8-14(18)21(27)19-20(15-9-6-7-13-24-15)25(23(29)22(19)28)16-10-3-4-11-17(16)26/h2-13,20,26-27H,1H3/b21-19-. The second kappa shape index (κ2) is 7.71. The topological polar surface area (TPSA) is 100.0 Å². The maximum atomic E-state index is 13.0. The first kappa shape index (κ1) is 19.2. The van der Waals surface area contributed by atoms with Crippen LogP contribution < -0.4 is 9.64 Å². The number of hydrogen-bond acceptors (Lipinski definition) is 6. The molecule has 1 fully saturated rings. The third kappa shape index (κ3) is 3.06. The Morgan fingerprint density at radius 2 is 1.70 bits per heavy atom. The van der Waals surface area contributed by atoms with Gasteiger partial charge in [0, 0.05) is 6.20 Å². The Labute approximate surface area is 172 Å². The molecule has 150 valence electrons. The van der Waals surface area contributed by atoms with Crippen molar-refractivity contribution in [1.29, 1.82) is 0 Å². The lowest BCUT2D eigenvalue weighted by Gasteiger charge is -2.25. The molecule has 1 aliphatic rings. The number of aliphatic hydroxyl groups is 1. The molecule has 0 radical (unpaired) electrons. The molecule has 0 bridgehead atoms. The summed E-state index contributed by atoms with van der Waals surface area (Å²) in [6.45, 7) is 0. The Hall–Kier alpha value is -4.13. The van der Waals surface area contributed by atoms with Crippen molar-refractivity contribution in [3.05, 3.63) is 89.8 Å². The lowest BCUT2D eigenvalue weighted by molar-refractivity contribution is -0.132.